The van der Waals surface area contributed by atoms with Crippen molar-refractivity contribution in [2.75, 3.05) is 19.8 Å². The van der Waals surface area contributed by atoms with Crippen molar-refractivity contribution in [3.63, 3.8) is 0 Å². The predicted octanol–water partition coefficient (Wildman–Crippen LogP) is 1.68. The Balaban J connectivity index is 2.28. The van der Waals surface area contributed by atoms with Crippen LogP contribution in [0.15, 0.2) is 17.5 Å². The zero-order chi connectivity index (χ0) is 12.5. The zero-order valence-corrected chi connectivity index (χ0v) is 11.0. The normalized spacial score (nSPS) is 12.4. The van der Waals surface area contributed by atoms with Gasteiger partial charge >= 0.3 is 0 Å². The molecule has 5 heteroatoms. The fraction of sp³-hybridized carbons (Fsp3) is 0.583. The van der Waals surface area contributed by atoms with Crippen molar-refractivity contribution in [2.45, 2.75) is 25.8 Å². The molecule has 0 radical (unpaired) electrons. The molecule has 0 aromatic carbocycles. The van der Waals surface area contributed by atoms with Gasteiger partial charge in [-0.25, -0.2) is 0 Å². The van der Waals surface area contributed by atoms with Crippen molar-refractivity contribution in [1.82, 2.24) is 5.32 Å². The number of carbonyl (C=O) groups is 1. The average Bonchev–Trinajstić information content (AvgIpc) is 2.85. The Bertz CT molecular complexity index is 314. The molecule has 0 bridgehead atoms. The summed E-state index contributed by atoms with van der Waals surface area (Å²) in [5.74, 6) is 0.0299. The maximum absolute atomic E-state index is 11.7. The summed E-state index contributed by atoms with van der Waals surface area (Å²) in [6.07, 6.45) is 1.29. The fourth-order valence-electron chi connectivity index (χ4n) is 1.48. The molecule has 0 aliphatic rings. The molecule has 4 nitrogen and oxygen atoms in total. The van der Waals surface area contributed by atoms with E-state index in [0.29, 0.717) is 26.2 Å². The summed E-state index contributed by atoms with van der Waals surface area (Å²) in [5.41, 5.74) is 5.29. The molecule has 0 saturated heterocycles. The lowest BCUT2D eigenvalue weighted by atomic mass is 10.2. The van der Waals surface area contributed by atoms with Crippen LogP contribution in [0.4, 0.5) is 0 Å². The van der Waals surface area contributed by atoms with E-state index in [-0.39, 0.29) is 11.9 Å². The van der Waals surface area contributed by atoms with Gasteiger partial charge in [-0.15, -0.1) is 11.3 Å². The van der Waals surface area contributed by atoms with Crippen molar-refractivity contribution >= 4 is 17.2 Å². The third kappa shape index (κ3) is 5.30. The van der Waals surface area contributed by atoms with Crippen molar-refractivity contribution in [2.24, 2.45) is 5.73 Å². The Kier molecular flexibility index (Phi) is 6.84. The van der Waals surface area contributed by atoms with Gasteiger partial charge in [-0.1, -0.05) is 13.0 Å². The first-order chi connectivity index (χ1) is 8.27. The van der Waals surface area contributed by atoms with E-state index in [2.05, 4.69) is 12.2 Å². The van der Waals surface area contributed by atoms with E-state index >= 15 is 0 Å². The summed E-state index contributed by atoms with van der Waals surface area (Å²) in [7, 11) is 0. The van der Waals surface area contributed by atoms with Crippen LogP contribution < -0.4 is 11.1 Å². The molecular weight excluding hydrogens is 236 g/mol. The van der Waals surface area contributed by atoms with E-state index < -0.39 is 0 Å². The molecule has 0 aliphatic carbocycles. The molecule has 1 unspecified atom stereocenters. The second-order valence-corrected chi connectivity index (χ2v) is 4.67. The van der Waals surface area contributed by atoms with Gasteiger partial charge in [-0.05, 0) is 17.9 Å². The largest absolute Gasteiger partial charge is 0.380 e. The number of rotatable bonds is 8. The minimum Gasteiger partial charge on any atom is -0.380 e. The lowest BCUT2D eigenvalue weighted by Gasteiger charge is -2.15. The van der Waals surface area contributed by atoms with E-state index in [9.17, 15) is 4.79 Å². The lowest BCUT2D eigenvalue weighted by Crippen LogP contribution is -2.28. The fourth-order valence-corrected chi connectivity index (χ4v) is 2.34. The Labute approximate surface area is 106 Å². The molecule has 1 amide bonds. The third-order valence-electron chi connectivity index (χ3n) is 2.37. The molecule has 96 valence electrons. The van der Waals surface area contributed by atoms with Crippen molar-refractivity contribution in [3.05, 3.63) is 22.4 Å². The Hall–Kier alpha value is -0.910. The second kappa shape index (κ2) is 8.22. The molecule has 1 rings (SSSR count). The van der Waals surface area contributed by atoms with Crippen molar-refractivity contribution < 1.29 is 9.53 Å². The van der Waals surface area contributed by atoms with Crippen LogP contribution in [0.1, 0.15) is 30.7 Å². The summed E-state index contributed by atoms with van der Waals surface area (Å²) in [6.45, 7) is 3.50. The molecule has 3 N–H and O–H groups in total. The van der Waals surface area contributed by atoms with Gasteiger partial charge in [-0.3, -0.25) is 4.79 Å². The van der Waals surface area contributed by atoms with E-state index in [4.69, 9.17) is 10.5 Å². The van der Waals surface area contributed by atoms with Crippen LogP contribution in [0.5, 0.6) is 0 Å². The van der Waals surface area contributed by atoms with Gasteiger partial charge in [0.05, 0.1) is 19.3 Å². The SMILES string of the molecule is CCC(NC(=O)CCOCCN)c1cccs1. The predicted molar refractivity (Wildman–Crippen MR) is 70.0 cm³/mol. The van der Waals surface area contributed by atoms with Crippen LogP contribution in [-0.2, 0) is 9.53 Å². The molecular formula is C12H20N2O2S. The molecule has 1 heterocycles. The van der Waals surface area contributed by atoms with Crippen LogP contribution >= 0.6 is 11.3 Å². The average molecular weight is 256 g/mol. The van der Waals surface area contributed by atoms with Gasteiger partial charge in [0.2, 0.25) is 5.91 Å². The van der Waals surface area contributed by atoms with E-state index in [1.54, 1.807) is 11.3 Å². The maximum atomic E-state index is 11.7. The first kappa shape index (κ1) is 14.2. The quantitative estimate of drug-likeness (QED) is 0.696. The number of amides is 1. The van der Waals surface area contributed by atoms with Crippen molar-refractivity contribution in [1.29, 1.82) is 0 Å². The first-order valence-electron chi connectivity index (χ1n) is 5.88. The minimum absolute atomic E-state index is 0.0299. The molecule has 1 atom stereocenters. The maximum Gasteiger partial charge on any atom is 0.222 e. The number of hydrogen-bond donors (Lipinski definition) is 2. The lowest BCUT2D eigenvalue weighted by molar-refractivity contribution is -0.122. The number of hydrogen-bond acceptors (Lipinski definition) is 4. The summed E-state index contributed by atoms with van der Waals surface area (Å²) >= 11 is 1.67. The molecule has 0 fully saturated rings. The van der Waals surface area contributed by atoms with Gasteiger partial charge in [0.15, 0.2) is 0 Å². The summed E-state index contributed by atoms with van der Waals surface area (Å²) in [6, 6.07) is 4.17. The summed E-state index contributed by atoms with van der Waals surface area (Å²) < 4.78 is 5.18. The molecule has 1 aromatic heterocycles. The highest BCUT2D eigenvalue weighted by atomic mass is 32.1. The van der Waals surface area contributed by atoms with Gasteiger partial charge in [0.25, 0.3) is 0 Å². The van der Waals surface area contributed by atoms with Gasteiger partial charge < -0.3 is 15.8 Å². The van der Waals surface area contributed by atoms with E-state index in [0.717, 1.165) is 6.42 Å². The summed E-state index contributed by atoms with van der Waals surface area (Å²) in [5, 5.41) is 5.03. The number of nitrogens with two attached hydrogens (primary N) is 1. The topological polar surface area (TPSA) is 64.3 Å². The highest BCUT2D eigenvalue weighted by molar-refractivity contribution is 7.10. The van der Waals surface area contributed by atoms with Gasteiger partial charge in [0.1, 0.15) is 0 Å². The Morgan fingerprint density at radius 2 is 2.41 bits per heavy atom. The van der Waals surface area contributed by atoms with Gasteiger partial charge in [0, 0.05) is 17.8 Å². The number of nitrogens with one attached hydrogen (secondary N) is 1. The number of thiophene rings is 1. The molecule has 0 spiro atoms. The summed E-state index contributed by atoms with van der Waals surface area (Å²) in [4.78, 5) is 12.9. The van der Waals surface area contributed by atoms with Crippen LogP contribution in [-0.4, -0.2) is 25.7 Å². The third-order valence-corrected chi connectivity index (χ3v) is 3.35. The van der Waals surface area contributed by atoms with Crippen LogP contribution in [0.25, 0.3) is 0 Å². The van der Waals surface area contributed by atoms with Crippen LogP contribution in [0, 0.1) is 0 Å². The monoisotopic (exact) mass is 256 g/mol. The highest BCUT2D eigenvalue weighted by Crippen LogP contribution is 2.21. The minimum atomic E-state index is 0.0299. The number of ether oxygens (including phenoxy) is 1. The Morgan fingerprint density at radius 3 is 3.00 bits per heavy atom. The molecule has 0 saturated carbocycles. The van der Waals surface area contributed by atoms with Crippen LogP contribution in [0.2, 0.25) is 0 Å². The van der Waals surface area contributed by atoms with Crippen molar-refractivity contribution in [3.8, 4) is 0 Å². The molecule has 1 aromatic rings. The highest BCUT2D eigenvalue weighted by Gasteiger charge is 2.12. The zero-order valence-electron chi connectivity index (χ0n) is 10.1. The van der Waals surface area contributed by atoms with E-state index in [1.807, 2.05) is 17.5 Å². The Morgan fingerprint density at radius 1 is 1.59 bits per heavy atom. The number of carbonyl (C=O) groups excluding carboxylic acids is 1. The molecule has 17 heavy (non-hydrogen) atoms. The van der Waals surface area contributed by atoms with Crippen LogP contribution in [0.3, 0.4) is 0 Å². The van der Waals surface area contributed by atoms with Gasteiger partial charge in [-0.2, -0.15) is 0 Å². The first-order valence-corrected chi connectivity index (χ1v) is 6.76. The molecule has 0 aliphatic heterocycles. The second-order valence-electron chi connectivity index (χ2n) is 3.69. The standard InChI is InChI=1S/C12H20N2O2S/c1-2-10(11-4-3-9-17-11)14-12(15)5-7-16-8-6-13/h3-4,9-10H,2,5-8,13H2,1H3,(H,14,15). The smallest absolute Gasteiger partial charge is 0.222 e. The van der Waals surface area contributed by atoms with E-state index in [1.165, 1.54) is 4.88 Å².